The summed E-state index contributed by atoms with van der Waals surface area (Å²) in [5.74, 6) is 0. The first-order valence-corrected chi connectivity index (χ1v) is 4.80. The van der Waals surface area contributed by atoms with Crippen LogP contribution in [0.4, 0.5) is 0 Å². The zero-order valence-corrected chi connectivity index (χ0v) is 8.81. The summed E-state index contributed by atoms with van der Waals surface area (Å²) in [5.41, 5.74) is 0. The first-order valence-electron chi connectivity index (χ1n) is 4.80. The SMILES string of the molecule is CCCCC.CCOC(C)C. The van der Waals surface area contributed by atoms with E-state index >= 15 is 0 Å². The predicted molar refractivity (Wildman–Crippen MR) is 52.0 cm³/mol. The Morgan fingerprint density at radius 1 is 1.00 bits per heavy atom. The van der Waals surface area contributed by atoms with Crippen molar-refractivity contribution in [2.45, 2.75) is 60.0 Å². The highest BCUT2D eigenvalue weighted by atomic mass is 16.5. The molecule has 0 saturated carbocycles. The molecule has 0 radical (unpaired) electrons. The van der Waals surface area contributed by atoms with Gasteiger partial charge in [-0.2, -0.15) is 0 Å². The Labute approximate surface area is 72.1 Å². The minimum atomic E-state index is 0.398. The van der Waals surface area contributed by atoms with Crippen LogP contribution in [0.15, 0.2) is 0 Å². The highest BCUT2D eigenvalue weighted by molar-refractivity contribution is 4.30. The predicted octanol–water partition coefficient (Wildman–Crippen LogP) is 3.63. The number of ether oxygens (including phenoxy) is 1. The van der Waals surface area contributed by atoms with E-state index in [9.17, 15) is 0 Å². The average Bonchev–Trinajstić information content (AvgIpc) is 1.90. The van der Waals surface area contributed by atoms with Crippen molar-refractivity contribution in [3.8, 4) is 0 Å². The topological polar surface area (TPSA) is 9.23 Å². The van der Waals surface area contributed by atoms with Crippen LogP contribution in [-0.4, -0.2) is 12.7 Å². The zero-order valence-electron chi connectivity index (χ0n) is 8.81. The Bertz CT molecular complexity index is 48.8. The summed E-state index contributed by atoms with van der Waals surface area (Å²) in [5, 5.41) is 0. The summed E-state index contributed by atoms with van der Waals surface area (Å²) in [6, 6.07) is 0. The summed E-state index contributed by atoms with van der Waals surface area (Å²) in [7, 11) is 0. The maximum absolute atomic E-state index is 5.04. The van der Waals surface area contributed by atoms with Gasteiger partial charge >= 0.3 is 0 Å². The van der Waals surface area contributed by atoms with Crippen molar-refractivity contribution >= 4 is 0 Å². The van der Waals surface area contributed by atoms with Crippen LogP contribution in [0.3, 0.4) is 0 Å². The quantitative estimate of drug-likeness (QED) is 0.610. The molecule has 0 saturated heterocycles. The molecule has 1 nitrogen and oxygen atoms in total. The first-order chi connectivity index (χ1) is 5.18. The molecule has 0 aromatic heterocycles. The van der Waals surface area contributed by atoms with Gasteiger partial charge in [0.15, 0.2) is 0 Å². The number of hydrogen-bond donors (Lipinski definition) is 0. The van der Waals surface area contributed by atoms with Crippen molar-refractivity contribution in [2.75, 3.05) is 6.61 Å². The molecule has 0 rings (SSSR count). The Morgan fingerprint density at radius 3 is 1.45 bits per heavy atom. The van der Waals surface area contributed by atoms with Crippen LogP contribution in [0, 0.1) is 0 Å². The Hall–Kier alpha value is -0.0400. The van der Waals surface area contributed by atoms with Gasteiger partial charge < -0.3 is 4.74 Å². The second kappa shape index (κ2) is 12.6. The molecule has 0 heterocycles. The summed E-state index contributed by atoms with van der Waals surface area (Å²) >= 11 is 0. The lowest BCUT2D eigenvalue weighted by Gasteiger charge is -2.00. The maximum atomic E-state index is 5.04. The van der Waals surface area contributed by atoms with Crippen LogP contribution in [0.1, 0.15) is 53.9 Å². The normalized spacial score (nSPS) is 9.27. The molecule has 0 bridgehead atoms. The second-order valence-corrected chi connectivity index (χ2v) is 2.86. The zero-order chi connectivity index (χ0) is 9.11. The third-order valence-electron chi connectivity index (χ3n) is 1.21. The smallest absolute Gasteiger partial charge is 0.0518 e. The van der Waals surface area contributed by atoms with Crippen LogP contribution in [0.2, 0.25) is 0 Å². The summed E-state index contributed by atoms with van der Waals surface area (Å²) in [6.07, 6.45) is 4.47. The van der Waals surface area contributed by atoms with Crippen molar-refractivity contribution in [2.24, 2.45) is 0 Å². The van der Waals surface area contributed by atoms with E-state index in [4.69, 9.17) is 4.74 Å². The average molecular weight is 160 g/mol. The van der Waals surface area contributed by atoms with Gasteiger partial charge in [0.25, 0.3) is 0 Å². The van der Waals surface area contributed by atoms with E-state index in [1.807, 2.05) is 20.8 Å². The van der Waals surface area contributed by atoms with Gasteiger partial charge in [-0.15, -0.1) is 0 Å². The van der Waals surface area contributed by atoms with Crippen molar-refractivity contribution in [3.63, 3.8) is 0 Å². The lowest BCUT2D eigenvalue weighted by Crippen LogP contribution is -1.99. The second-order valence-electron chi connectivity index (χ2n) is 2.86. The molecule has 0 fully saturated rings. The largest absolute Gasteiger partial charge is 0.379 e. The molecule has 0 unspecified atom stereocenters. The van der Waals surface area contributed by atoms with E-state index in [-0.39, 0.29) is 0 Å². The monoisotopic (exact) mass is 160 g/mol. The maximum Gasteiger partial charge on any atom is 0.0518 e. The fourth-order valence-electron chi connectivity index (χ4n) is 0.687. The summed E-state index contributed by atoms with van der Waals surface area (Å²) in [6.45, 7) is 11.3. The van der Waals surface area contributed by atoms with E-state index in [1.165, 1.54) is 19.3 Å². The van der Waals surface area contributed by atoms with Crippen molar-refractivity contribution in [1.29, 1.82) is 0 Å². The van der Waals surface area contributed by atoms with Gasteiger partial charge in [0.2, 0.25) is 0 Å². The molecule has 0 spiro atoms. The van der Waals surface area contributed by atoms with Crippen LogP contribution in [0.5, 0.6) is 0 Å². The lowest BCUT2D eigenvalue weighted by molar-refractivity contribution is 0.0899. The van der Waals surface area contributed by atoms with Gasteiger partial charge in [0, 0.05) is 6.61 Å². The fraction of sp³-hybridized carbons (Fsp3) is 1.00. The van der Waals surface area contributed by atoms with E-state index in [1.54, 1.807) is 0 Å². The molecular formula is C10H24O. The third kappa shape index (κ3) is 25.7. The molecule has 0 amide bonds. The molecule has 0 aliphatic carbocycles. The fourth-order valence-corrected chi connectivity index (χ4v) is 0.687. The van der Waals surface area contributed by atoms with Crippen molar-refractivity contribution in [1.82, 2.24) is 0 Å². The van der Waals surface area contributed by atoms with Gasteiger partial charge in [0.1, 0.15) is 0 Å². The van der Waals surface area contributed by atoms with Gasteiger partial charge in [-0.3, -0.25) is 0 Å². The Kier molecular flexibility index (Phi) is 15.5. The van der Waals surface area contributed by atoms with E-state index in [0.717, 1.165) is 6.61 Å². The minimum Gasteiger partial charge on any atom is -0.379 e. The highest BCUT2D eigenvalue weighted by Gasteiger charge is 1.83. The van der Waals surface area contributed by atoms with Crippen LogP contribution >= 0.6 is 0 Å². The van der Waals surface area contributed by atoms with Gasteiger partial charge in [-0.05, 0) is 20.8 Å². The standard InChI is InChI=1S/C5H12O.C5H12/c1-4-6-5(2)3;1-3-5-4-2/h5H,4H2,1-3H3;3-5H2,1-2H3. The molecule has 0 aromatic rings. The Balaban J connectivity index is 0. The van der Waals surface area contributed by atoms with Gasteiger partial charge in [-0.1, -0.05) is 33.1 Å². The number of hydrogen-bond acceptors (Lipinski definition) is 1. The van der Waals surface area contributed by atoms with Crippen LogP contribution in [-0.2, 0) is 4.74 Å². The number of unbranched alkanes of at least 4 members (excludes halogenated alkanes) is 2. The minimum absolute atomic E-state index is 0.398. The Morgan fingerprint density at radius 2 is 1.45 bits per heavy atom. The van der Waals surface area contributed by atoms with E-state index < -0.39 is 0 Å². The van der Waals surface area contributed by atoms with Gasteiger partial charge in [0.05, 0.1) is 6.10 Å². The third-order valence-corrected chi connectivity index (χ3v) is 1.21. The molecule has 11 heavy (non-hydrogen) atoms. The van der Waals surface area contributed by atoms with Crippen LogP contribution in [0.25, 0.3) is 0 Å². The number of rotatable bonds is 4. The molecule has 0 aliphatic rings. The molecule has 70 valence electrons. The van der Waals surface area contributed by atoms with Crippen molar-refractivity contribution in [3.05, 3.63) is 0 Å². The van der Waals surface area contributed by atoms with E-state index in [2.05, 4.69) is 13.8 Å². The first kappa shape index (κ1) is 13.5. The van der Waals surface area contributed by atoms with E-state index in [0.29, 0.717) is 6.10 Å². The molecule has 0 N–H and O–H groups in total. The molecule has 0 atom stereocenters. The molecule has 0 aromatic carbocycles. The van der Waals surface area contributed by atoms with Crippen LogP contribution < -0.4 is 0 Å². The summed E-state index contributed by atoms with van der Waals surface area (Å²) < 4.78 is 5.04. The van der Waals surface area contributed by atoms with Gasteiger partial charge in [-0.25, -0.2) is 0 Å². The molecular weight excluding hydrogens is 136 g/mol. The summed E-state index contributed by atoms with van der Waals surface area (Å²) in [4.78, 5) is 0. The van der Waals surface area contributed by atoms with Crippen molar-refractivity contribution < 1.29 is 4.74 Å². The highest BCUT2D eigenvalue weighted by Crippen LogP contribution is 1.88. The lowest BCUT2D eigenvalue weighted by atomic mass is 10.3. The molecule has 0 aliphatic heterocycles. The molecule has 1 heteroatoms.